The van der Waals surface area contributed by atoms with Crippen LogP contribution in [-0.2, 0) is 9.84 Å². The van der Waals surface area contributed by atoms with Crippen LogP contribution in [0.15, 0.2) is 47.8 Å². The van der Waals surface area contributed by atoms with Crippen molar-refractivity contribution in [1.82, 2.24) is 15.0 Å². The van der Waals surface area contributed by atoms with E-state index in [-0.39, 0.29) is 5.41 Å². The maximum Gasteiger partial charge on any atom is 0.175 e. The monoisotopic (exact) mass is 411 g/mol. The average Bonchev–Trinajstić information content (AvgIpc) is 3.30. The normalized spacial score (nSPS) is 24.8. The van der Waals surface area contributed by atoms with Gasteiger partial charge in [0.15, 0.2) is 9.84 Å². The number of nitrogens with zero attached hydrogens (tertiary/aromatic N) is 4. The van der Waals surface area contributed by atoms with Crippen molar-refractivity contribution in [1.29, 1.82) is 0 Å². The quantitative estimate of drug-likeness (QED) is 0.714. The number of piperidine rings is 1. The molecule has 152 valence electrons. The molecular weight excluding hydrogens is 386 g/mol. The van der Waals surface area contributed by atoms with Crippen molar-refractivity contribution < 1.29 is 8.42 Å². The molecule has 2 aliphatic heterocycles. The Labute approximate surface area is 170 Å². The molecule has 2 fully saturated rings. The second-order valence-electron chi connectivity index (χ2n) is 8.65. The third-order valence-electron chi connectivity index (χ3n) is 6.54. The lowest BCUT2D eigenvalue weighted by Crippen LogP contribution is -2.47. The van der Waals surface area contributed by atoms with Crippen LogP contribution in [0.4, 0.5) is 11.5 Å². The first-order valence-corrected chi connectivity index (χ1v) is 11.8. The molecule has 7 nitrogen and oxygen atoms in total. The molecule has 1 aromatic carbocycles. The van der Waals surface area contributed by atoms with Gasteiger partial charge in [-0.1, -0.05) is 6.92 Å². The van der Waals surface area contributed by atoms with Crippen LogP contribution in [0.3, 0.4) is 0 Å². The molecule has 8 heteroatoms. The molecule has 0 saturated carbocycles. The molecule has 0 spiro atoms. The molecule has 0 amide bonds. The van der Waals surface area contributed by atoms with Gasteiger partial charge in [-0.25, -0.2) is 18.4 Å². The van der Waals surface area contributed by atoms with Crippen molar-refractivity contribution in [3.05, 3.63) is 42.9 Å². The van der Waals surface area contributed by atoms with Gasteiger partial charge in [-0.2, -0.15) is 0 Å². The molecular formula is C21H25N5O2S. The number of aromatic nitrogens is 3. The largest absolute Gasteiger partial charge is 0.371 e. The summed E-state index contributed by atoms with van der Waals surface area (Å²) in [7, 11) is -3.17. The Morgan fingerprint density at radius 1 is 1.10 bits per heavy atom. The Balaban J connectivity index is 1.38. The van der Waals surface area contributed by atoms with Crippen molar-refractivity contribution in [2.45, 2.75) is 18.2 Å². The lowest BCUT2D eigenvalue weighted by Gasteiger charge is -2.42. The highest BCUT2D eigenvalue weighted by atomic mass is 32.2. The first-order chi connectivity index (χ1) is 13.8. The third-order valence-corrected chi connectivity index (χ3v) is 7.67. The number of anilines is 2. The summed E-state index contributed by atoms with van der Waals surface area (Å²) in [5.41, 5.74) is 2.12. The van der Waals surface area contributed by atoms with Crippen LogP contribution in [-0.4, -0.2) is 55.8 Å². The third kappa shape index (κ3) is 3.15. The minimum Gasteiger partial charge on any atom is -0.371 e. The van der Waals surface area contributed by atoms with E-state index < -0.39 is 9.84 Å². The Morgan fingerprint density at radius 2 is 1.86 bits per heavy atom. The maximum absolute atomic E-state index is 11.7. The van der Waals surface area contributed by atoms with Gasteiger partial charge in [0.2, 0.25) is 0 Å². The zero-order chi connectivity index (χ0) is 20.2. The van der Waals surface area contributed by atoms with Crippen LogP contribution in [0.1, 0.15) is 13.3 Å². The first kappa shape index (κ1) is 18.4. The molecule has 3 aromatic rings. The predicted molar refractivity (Wildman–Crippen MR) is 114 cm³/mol. The van der Waals surface area contributed by atoms with Crippen LogP contribution in [0.25, 0.3) is 11.0 Å². The first-order valence-electron chi connectivity index (χ1n) is 9.92. The van der Waals surface area contributed by atoms with Crippen LogP contribution in [0, 0.1) is 11.3 Å². The van der Waals surface area contributed by atoms with Gasteiger partial charge in [0.1, 0.15) is 17.8 Å². The number of sulfone groups is 1. The summed E-state index contributed by atoms with van der Waals surface area (Å²) in [6.07, 6.45) is 5.91. The van der Waals surface area contributed by atoms with E-state index in [0.717, 1.165) is 55.1 Å². The van der Waals surface area contributed by atoms with E-state index in [9.17, 15) is 8.42 Å². The van der Waals surface area contributed by atoms with Crippen molar-refractivity contribution >= 4 is 32.4 Å². The number of hydrogen-bond donors (Lipinski definition) is 1. The molecule has 2 atom stereocenters. The van der Waals surface area contributed by atoms with Gasteiger partial charge in [-0.15, -0.1) is 0 Å². The van der Waals surface area contributed by atoms with Gasteiger partial charge in [0, 0.05) is 49.7 Å². The Hall–Kier alpha value is -2.61. The fraction of sp³-hybridized carbons (Fsp3) is 0.429. The summed E-state index contributed by atoms with van der Waals surface area (Å²) in [4.78, 5) is 17.2. The summed E-state index contributed by atoms with van der Waals surface area (Å²) in [5, 5.41) is 1.07. The number of fused-ring (bicyclic) bond motifs is 2. The predicted octanol–water partition coefficient (Wildman–Crippen LogP) is 2.71. The lowest BCUT2D eigenvalue weighted by atomic mass is 9.75. The number of H-pyrrole nitrogens is 1. The smallest absolute Gasteiger partial charge is 0.175 e. The van der Waals surface area contributed by atoms with E-state index in [1.54, 1.807) is 18.5 Å². The molecule has 29 heavy (non-hydrogen) atoms. The minimum atomic E-state index is -3.17. The SMILES string of the molecule is CC12CN(c3ccc(S(C)(=O)=O)cc3)CC1CCN(c1ncnc3[nH]ccc13)C2. The van der Waals surface area contributed by atoms with Crippen molar-refractivity contribution in [2.24, 2.45) is 11.3 Å². The summed E-state index contributed by atoms with van der Waals surface area (Å²) >= 11 is 0. The van der Waals surface area contributed by atoms with Gasteiger partial charge in [-0.05, 0) is 42.7 Å². The molecule has 2 unspecified atom stereocenters. The fourth-order valence-corrected chi connectivity index (χ4v) is 5.58. The molecule has 1 N–H and O–H groups in total. The Morgan fingerprint density at radius 3 is 2.62 bits per heavy atom. The molecule has 2 aromatic heterocycles. The molecule has 0 aliphatic carbocycles. The topological polar surface area (TPSA) is 82.2 Å². The number of nitrogens with one attached hydrogen (secondary N) is 1. The van der Waals surface area contributed by atoms with Crippen molar-refractivity contribution in [3.63, 3.8) is 0 Å². The van der Waals surface area contributed by atoms with Crippen LogP contribution in [0.5, 0.6) is 0 Å². The number of benzene rings is 1. The highest BCUT2D eigenvalue weighted by Gasteiger charge is 2.47. The molecule has 0 radical (unpaired) electrons. The molecule has 5 rings (SSSR count). The summed E-state index contributed by atoms with van der Waals surface area (Å²) in [5.74, 6) is 1.61. The van der Waals surface area contributed by atoms with E-state index >= 15 is 0 Å². The van der Waals surface area contributed by atoms with Crippen molar-refractivity contribution in [3.8, 4) is 0 Å². The van der Waals surface area contributed by atoms with E-state index in [2.05, 4.69) is 31.7 Å². The second-order valence-corrected chi connectivity index (χ2v) is 10.7. The van der Waals surface area contributed by atoms with Gasteiger partial charge < -0.3 is 14.8 Å². The maximum atomic E-state index is 11.7. The van der Waals surface area contributed by atoms with Gasteiger partial charge in [-0.3, -0.25) is 0 Å². The highest BCUT2D eigenvalue weighted by Crippen LogP contribution is 2.44. The van der Waals surface area contributed by atoms with Crippen molar-refractivity contribution in [2.75, 3.05) is 42.2 Å². The summed E-state index contributed by atoms with van der Waals surface area (Å²) in [6.45, 7) is 6.26. The van der Waals surface area contributed by atoms with E-state index in [4.69, 9.17) is 0 Å². The van der Waals surface area contributed by atoms with Gasteiger partial charge >= 0.3 is 0 Å². The number of aromatic amines is 1. The van der Waals surface area contributed by atoms with Gasteiger partial charge in [0.25, 0.3) is 0 Å². The highest BCUT2D eigenvalue weighted by molar-refractivity contribution is 7.90. The molecule has 2 aliphatic rings. The van der Waals surface area contributed by atoms with Crippen LogP contribution < -0.4 is 9.80 Å². The standard InChI is InChI=1S/C21H25N5O2S/c1-21-12-25(20-18-7-9-22-19(18)23-14-24-20)10-8-15(21)11-26(13-21)16-3-5-17(6-4-16)29(2,27)28/h3-7,9,14-15H,8,10-13H2,1-2H3,(H,22,23,24). The fourth-order valence-electron chi connectivity index (χ4n) is 4.95. The minimum absolute atomic E-state index is 0.154. The number of rotatable bonds is 3. The number of hydrogen-bond acceptors (Lipinski definition) is 6. The molecule has 4 heterocycles. The summed E-state index contributed by atoms with van der Waals surface area (Å²) < 4.78 is 23.5. The zero-order valence-corrected chi connectivity index (χ0v) is 17.5. The molecule has 2 saturated heterocycles. The Kier molecular flexibility index (Phi) is 4.10. The van der Waals surface area contributed by atoms with Crippen LogP contribution in [0.2, 0.25) is 0 Å². The second kappa shape index (κ2) is 6.45. The van der Waals surface area contributed by atoms with E-state index in [0.29, 0.717) is 10.8 Å². The zero-order valence-electron chi connectivity index (χ0n) is 16.7. The lowest BCUT2D eigenvalue weighted by molar-refractivity contribution is 0.216. The van der Waals surface area contributed by atoms with Crippen LogP contribution >= 0.6 is 0 Å². The van der Waals surface area contributed by atoms with Gasteiger partial charge in [0.05, 0.1) is 10.3 Å². The summed E-state index contributed by atoms with van der Waals surface area (Å²) in [6, 6.07) is 9.34. The van der Waals surface area contributed by atoms with E-state index in [1.807, 2.05) is 24.4 Å². The average molecular weight is 412 g/mol. The molecule has 0 bridgehead atoms. The van der Waals surface area contributed by atoms with E-state index in [1.165, 1.54) is 6.26 Å². The Bertz CT molecular complexity index is 1160.